The van der Waals surface area contributed by atoms with Crippen LogP contribution in [0.15, 0.2) is 39.8 Å². The van der Waals surface area contributed by atoms with Gasteiger partial charge in [0, 0.05) is 50.3 Å². The Morgan fingerprint density at radius 2 is 2.03 bits per heavy atom. The van der Waals surface area contributed by atoms with Gasteiger partial charge in [0.2, 0.25) is 0 Å². The Kier molecular flexibility index (Phi) is 6.31. The fourth-order valence-corrected chi connectivity index (χ4v) is 8.18. The molecule has 2 saturated carbocycles. The van der Waals surface area contributed by atoms with Crippen LogP contribution in [0.25, 0.3) is 11.3 Å². The van der Waals surface area contributed by atoms with Crippen molar-refractivity contribution in [3.8, 4) is 17.1 Å². The topological polar surface area (TPSA) is 122 Å². The number of aromatic nitrogens is 1. The minimum atomic E-state index is -1.12. The predicted octanol–water partition coefficient (Wildman–Crippen LogP) is 3.33. The number of rotatable bonds is 5. The molecule has 2 fully saturated rings. The summed E-state index contributed by atoms with van der Waals surface area (Å²) < 4.78 is 18.4. The molecule has 0 radical (unpaired) electrons. The first-order valence-corrected chi connectivity index (χ1v) is 12.8. The monoisotopic (exact) mass is 499 g/mol. The fraction of sp³-hybridized carbons (Fsp3) is 0.643. The molecule has 5 rings (SSSR count). The van der Waals surface area contributed by atoms with Crippen molar-refractivity contribution in [3.05, 3.63) is 46.6 Å². The third-order valence-electron chi connectivity index (χ3n) is 9.97. The summed E-state index contributed by atoms with van der Waals surface area (Å²) in [6, 6.07) is 5.22. The molecule has 8 heteroatoms. The van der Waals surface area contributed by atoms with E-state index in [-0.39, 0.29) is 42.1 Å². The number of pyridine rings is 1. The maximum absolute atomic E-state index is 13.3. The lowest BCUT2D eigenvalue weighted by Gasteiger charge is -2.67. The number of methoxy groups -OCH3 is 1. The van der Waals surface area contributed by atoms with Crippen molar-refractivity contribution in [3.63, 3.8) is 0 Å². The molecule has 2 aromatic rings. The molecule has 2 aromatic heterocycles. The zero-order chi connectivity index (χ0) is 25.9. The van der Waals surface area contributed by atoms with Crippen molar-refractivity contribution in [1.82, 2.24) is 4.98 Å². The Balaban J connectivity index is 1.65. The van der Waals surface area contributed by atoms with Gasteiger partial charge in [-0.3, -0.25) is 4.98 Å². The molecule has 0 bridgehead atoms. The smallest absolute Gasteiger partial charge is 0.345 e. The number of aliphatic hydroxyl groups is 3. The minimum absolute atomic E-state index is 0.0156. The van der Waals surface area contributed by atoms with E-state index in [0.717, 1.165) is 12.8 Å². The van der Waals surface area contributed by atoms with Crippen LogP contribution in [0.5, 0.6) is 5.75 Å². The van der Waals surface area contributed by atoms with Gasteiger partial charge in [0.05, 0.1) is 12.2 Å². The Morgan fingerprint density at radius 3 is 2.67 bits per heavy atom. The van der Waals surface area contributed by atoms with Crippen LogP contribution in [0, 0.1) is 28.6 Å². The summed E-state index contributed by atoms with van der Waals surface area (Å²) in [4.78, 5) is 17.4. The molecule has 8 nitrogen and oxygen atoms in total. The number of aliphatic hydroxyl groups excluding tert-OH is 3. The Hall–Kier alpha value is -2.26. The second kappa shape index (κ2) is 8.94. The summed E-state index contributed by atoms with van der Waals surface area (Å²) in [5.41, 5.74) is -1.53. The van der Waals surface area contributed by atoms with Crippen LogP contribution >= 0.6 is 0 Å². The van der Waals surface area contributed by atoms with Crippen molar-refractivity contribution in [2.75, 3.05) is 20.3 Å². The lowest BCUT2D eigenvalue weighted by Crippen LogP contribution is -2.70. The fourth-order valence-electron chi connectivity index (χ4n) is 8.18. The molecule has 3 N–H and O–H groups in total. The average molecular weight is 500 g/mol. The Labute approximate surface area is 211 Å². The molecular weight excluding hydrogens is 462 g/mol. The van der Waals surface area contributed by atoms with E-state index in [4.69, 9.17) is 13.9 Å². The summed E-state index contributed by atoms with van der Waals surface area (Å²) in [6.45, 7) is 6.34. The molecule has 36 heavy (non-hydrogen) atoms. The summed E-state index contributed by atoms with van der Waals surface area (Å²) >= 11 is 0. The van der Waals surface area contributed by atoms with Crippen molar-refractivity contribution < 1.29 is 29.2 Å². The summed E-state index contributed by atoms with van der Waals surface area (Å²) in [5, 5.41) is 32.1. The van der Waals surface area contributed by atoms with E-state index in [1.54, 1.807) is 37.7 Å². The number of nitrogens with zero attached hydrogens (tertiary/aromatic N) is 1. The highest BCUT2D eigenvalue weighted by Crippen LogP contribution is 2.68. The summed E-state index contributed by atoms with van der Waals surface area (Å²) in [6.07, 6.45) is 4.49. The third-order valence-corrected chi connectivity index (χ3v) is 9.97. The molecule has 0 aromatic carbocycles. The van der Waals surface area contributed by atoms with Crippen LogP contribution in [0.3, 0.4) is 0 Å². The molecule has 196 valence electrons. The van der Waals surface area contributed by atoms with Crippen LogP contribution in [-0.2, 0) is 4.74 Å². The second-order valence-corrected chi connectivity index (χ2v) is 11.5. The first kappa shape index (κ1) is 25.4. The van der Waals surface area contributed by atoms with Gasteiger partial charge in [-0.25, -0.2) is 4.79 Å². The number of hydrogen-bond acceptors (Lipinski definition) is 8. The molecule has 8 atom stereocenters. The largest absolute Gasteiger partial charge is 0.484 e. The van der Waals surface area contributed by atoms with E-state index in [0.29, 0.717) is 29.9 Å². The van der Waals surface area contributed by atoms with Crippen molar-refractivity contribution in [2.45, 2.75) is 64.3 Å². The quantitative estimate of drug-likeness (QED) is 0.573. The standard InChI is InChI=1S/C28H37NO7/c1-26(9-11-30)17(15-31)7-8-27(2)20(26)13-21(34-4)28(3)24(27)23(32)22-19(36-28)12-18(35-25(22)33)16-6-5-10-29-14-16/h5-6,10,12,14,17,20-21,23-24,30-32H,7-9,11,13,15H2,1-4H3/t17-,20+,21+,23+,24-,26-,27+,28-/m1/s1. The summed E-state index contributed by atoms with van der Waals surface area (Å²) in [5.74, 6) is 0.251. The van der Waals surface area contributed by atoms with Gasteiger partial charge in [0.15, 0.2) is 0 Å². The second-order valence-electron chi connectivity index (χ2n) is 11.5. The highest BCUT2D eigenvalue weighted by Gasteiger charge is 2.69. The number of ether oxygens (including phenoxy) is 2. The van der Waals surface area contributed by atoms with Crippen LogP contribution in [0.1, 0.15) is 58.1 Å². The minimum Gasteiger partial charge on any atom is -0.484 e. The summed E-state index contributed by atoms with van der Waals surface area (Å²) in [7, 11) is 1.65. The average Bonchev–Trinajstić information content (AvgIpc) is 2.83. The van der Waals surface area contributed by atoms with Crippen molar-refractivity contribution in [1.29, 1.82) is 0 Å². The lowest BCUT2D eigenvalue weighted by atomic mass is 9.41. The molecule has 3 aliphatic rings. The van der Waals surface area contributed by atoms with Crippen LogP contribution in [-0.4, -0.2) is 52.3 Å². The first-order valence-electron chi connectivity index (χ1n) is 12.8. The van der Waals surface area contributed by atoms with Crippen LogP contribution in [0.2, 0.25) is 0 Å². The van der Waals surface area contributed by atoms with E-state index in [1.165, 1.54) is 0 Å². The highest BCUT2D eigenvalue weighted by molar-refractivity contribution is 5.59. The van der Waals surface area contributed by atoms with Gasteiger partial charge in [-0.2, -0.15) is 0 Å². The predicted molar refractivity (Wildman–Crippen MR) is 132 cm³/mol. The molecule has 2 aliphatic carbocycles. The van der Waals surface area contributed by atoms with E-state index in [1.807, 2.05) is 6.92 Å². The van der Waals surface area contributed by atoms with Gasteiger partial charge in [-0.05, 0) is 67.4 Å². The molecule has 3 heterocycles. The van der Waals surface area contributed by atoms with Crippen molar-refractivity contribution in [2.24, 2.45) is 28.6 Å². The highest BCUT2D eigenvalue weighted by atomic mass is 16.6. The van der Waals surface area contributed by atoms with Gasteiger partial charge in [-0.15, -0.1) is 0 Å². The molecular formula is C28H37NO7. The third kappa shape index (κ3) is 3.49. The van der Waals surface area contributed by atoms with E-state index in [2.05, 4.69) is 18.8 Å². The molecule has 1 aliphatic heterocycles. The maximum Gasteiger partial charge on any atom is 0.345 e. The van der Waals surface area contributed by atoms with Crippen LogP contribution in [0.4, 0.5) is 0 Å². The SMILES string of the molecule is CO[C@H]1C[C@@H]2[C@](C)(CC[C@H](CO)[C@@]2(C)CCO)[C@H]2[C@@H](O)c3c(cc(-c4cccnc4)oc3=O)O[C@]12C. The van der Waals surface area contributed by atoms with Gasteiger partial charge in [0.25, 0.3) is 0 Å². The van der Waals surface area contributed by atoms with Gasteiger partial charge in [0.1, 0.15) is 22.7 Å². The van der Waals surface area contributed by atoms with Gasteiger partial charge >= 0.3 is 5.63 Å². The zero-order valence-corrected chi connectivity index (χ0v) is 21.4. The van der Waals surface area contributed by atoms with E-state index in [9.17, 15) is 20.1 Å². The lowest BCUT2D eigenvalue weighted by molar-refractivity contribution is -0.261. The van der Waals surface area contributed by atoms with Gasteiger partial charge in [-0.1, -0.05) is 13.8 Å². The first-order chi connectivity index (χ1) is 17.1. The van der Waals surface area contributed by atoms with Gasteiger partial charge < -0.3 is 29.2 Å². The van der Waals surface area contributed by atoms with Crippen LogP contribution < -0.4 is 10.4 Å². The zero-order valence-electron chi connectivity index (χ0n) is 21.4. The normalized spacial score (nSPS) is 39.5. The molecule has 0 spiro atoms. The van der Waals surface area contributed by atoms with Crippen molar-refractivity contribution >= 4 is 0 Å². The molecule has 0 amide bonds. The number of fused-ring (bicyclic) bond motifs is 4. The van der Waals surface area contributed by atoms with E-state index < -0.39 is 28.7 Å². The Bertz CT molecular complexity index is 1170. The Morgan fingerprint density at radius 1 is 1.25 bits per heavy atom. The number of hydrogen-bond donors (Lipinski definition) is 3. The molecule has 0 unspecified atom stereocenters. The maximum atomic E-state index is 13.3. The van der Waals surface area contributed by atoms with E-state index >= 15 is 0 Å². The molecule has 0 saturated heterocycles.